The third kappa shape index (κ3) is 2.18. The molecule has 2 N–H and O–H groups in total. The predicted octanol–water partition coefficient (Wildman–Crippen LogP) is 2.21. The van der Waals surface area contributed by atoms with Crippen molar-refractivity contribution in [3.05, 3.63) is 35.4 Å². The smallest absolute Gasteiger partial charge is 0.346 e. The zero-order valence-electron chi connectivity index (χ0n) is 9.86. The Morgan fingerprint density at radius 2 is 1.94 bits per heavy atom. The standard InChI is InChI=1S/C12H13F2N3O/c1-2-3-17-10(11(15)16-12(17)18)7-4-8(13)6-9(14)5-7/h4-6,10H,2-3H2,1H3,(H2,15,16,18). The summed E-state index contributed by atoms with van der Waals surface area (Å²) in [6.07, 6.45) is 0.711. The largest absolute Gasteiger partial charge is 0.385 e. The number of carbonyl (C=O) groups excluding carboxylic acids is 1. The second-order valence-corrected chi connectivity index (χ2v) is 4.12. The molecule has 0 radical (unpaired) electrons. The lowest BCUT2D eigenvalue weighted by atomic mass is 10.0. The van der Waals surface area contributed by atoms with Crippen molar-refractivity contribution in [3.63, 3.8) is 0 Å². The van der Waals surface area contributed by atoms with Crippen LogP contribution < -0.4 is 5.73 Å². The van der Waals surface area contributed by atoms with Crippen LogP contribution in [-0.2, 0) is 0 Å². The molecule has 1 atom stereocenters. The van der Waals surface area contributed by atoms with Crippen molar-refractivity contribution >= 4 is 11.9 Å². The number of carbonyl (C=O) groups is 1. The van der Waals surface area contributed by atoms with Gasteiger partial charge in [0, 0.05) is 12.6 Å². The lowest BCUT2D eigenvalue weighted by Crippen LogP contribution is -2.34. The van der Waals surface area contributed by atoms with Crippen molar-refractivity contribution in [2.24, 2.45) is 10.7 Å². The van der Waals surface area contributed by atoms with Gasteiger partial charge in [0.15, 0.2) is 0 Å². The number of hydrogen-bond acceptors (Lipinski definition) is 2. The summed E-state index contributed by atoms with van der Waals surface area (Å²) < 4.78 is 26.4. The van der Waals surface area contributed by atoms with Gasteiger partial charge in [0.05, 0.1) is 0 Å². The van der Waals surface area contributed by atoms with Crippen LogP contribution in [0.3, 0.4) is 0 Å². The first-order valence-electron chi connectivity index (χ1n) is 5.63. The molecule has 0 saturated carbocycles. The topological polar surface area (TPSA) is 58.7 Å². The first-order chi connectivity index (χ1) is 8.52. The summed E-state index contributed by atoms with van der Waals surface area (Å²) in [5.41, 5.74) is 5.96. The number of benzene rings is 1. The maximum absolute atomic E-state index is 13.2. The van der Waals surface area contributed by atoms with Gasteiger partial charge in [0.1, 0.15) is 23.5 Å². The molecule has 2 rings (SSSR count). The fraction of sp³-hybridized carbons (Fsp3) is 0.333. The van der Waals surface area contributed by atoms with Crippen molar-refractivity contribution in [1.82, 2.24) is 4.90 Å². The summed E-state index contributed by atoms with van der Waals surface area (Å²) in [5, 5.41) is 0. The summed E-state index contributed by atoms with van der Waals surface area (Å²) in [5.74, 6) is -1.33. The number of amides is 2. The number of urea groups is 1. The van der Waals surface area contributed by atoms with E-state index in [9.17, 15) is 13.6 Å². The van der Waals surface area contributed by atoms with Crippen molar-refractivity contribution in [1.29, 1.82) is 0 Å². The fourth-order valence-electron chi connectivity index (χ4n) is 2.06. The van der Waals surface area contributed by atoms with Crippen LogP contribution in [-0.4, -0.2) is 23.3 Å². The van der Waals surface area contributed by atoms with Gasteiger partial charge in [0.25, 0.3) is 0 Å². The molecule has 0 saturated heterocycles. The number of nitrogens with zero attached hydrogens (tertiary/aromatic N) is 2. The van der Waals surface area contributed by atoms with Crippen LogP contribution in [0.5, 0.6) is 0 Å². The number of hydrogen-bond donors (Lipinski definition) is 1. The first kappa shape index (κ1) is 12.5. The molecule has 1 aliphatic rings. The van der Waals surface area contributed by atoms with E-state index in [0.717, 1.165) is 18.2 Å². The van der Waals surface area contributed by atoms with Crippen LogP contribution in [0.2, 0.25) is 0 Å². The second kappa shape index (κ2) is 4.72. The molecule has 0 fully saturated rings. The predicted molar refractivity (Wildman–Crippen MR) is 63.1 cm³/mol. The monoisotopic (exact) mass is 253 g/mol. The van der Waals surface area contributed by atoms with Gasteiger partial charge in [-0.25, -0.2) is 13.6 Å². The van der Waals surface area contributed by atoms with Crippen molar-refractivity contribution < 1.29 is 13.6 Å². The van der Waals surface area contributed by atoms with Gasteiger partial charge in [-0.2, -0.15) is 4.99 Å². The molecule has 1 heterocycles. The van der Waals surface area contributed by atoms with Crippen LogP contribution in [0.1, 0.15) is 24.9 Å². The highest BCUT2D eigenvalue weighted by Crippen LogP contribution is 2.28. The minimum Gasteiger partial charge on any atom is -0.385 e. The maximum Gasteiger partial charge on any atom is 0.346 e. The highest BCUT2D eigenvalue weighted by Gasteiger charge is 2.34. The zero-order chi connectivity index (χ0) is 13.3. The van der Waals surface area contributed by atoms with Gasteiger partial charge in [-0.15, -0.1) is 0 Å². The van der Waals surface area contributed by atoms with Crippen molar-refractivity contribution in [2.75, 3.05) is 6.54 Å². The molecule has 1 unspecified atom stereocenters. The molecule has 0 aromatic heterocycles. The van der Waals surface area contributed by atoms with E-state index < -0.39 is 23.7 Å². The van der Waals surface area contributed by atoms with Gasteiger partial charge >= 0.3 is 6.03 Å². The maximum atomic E-state index is 13.2. The van der Waals surface area contributed by atoms with Crippen molar-refractivity contribution in [2.45, 2.75) is 19.4 Å². The summed E-state index contributed by atoms with van der Waals surface area (Å²) in [4.78, 5) is 16.6. The van der Waals surface area contributed by atoms with E-state index in [-0.39, 0.29) is 5.84 Å². The van der Waals surface area contributed by atoms with Gasteiger partial charge in [-0.3, -0.25) is 0 Å². The van der Waals surface area contributed by atoms with Crippen LogP contribution in [0.4, 0.5) is 13.6 Å². The molecule has 6 heteroatoms. The number of nitrogens with two attached hydrogens (primary N) is 1. The average Bonchev–Trinajstić information content (AvgIpc) is 2.53. The third-order valence-electron chi connectivity index (χ3n) is 2.73. The van der Waals surface area contributed by atoms with E-state index in [1.165, 1.54) is 4.90 Å². The molecule has 18 heavy (non-hydrogen) atoms. The molecule has 0 aliphatic carbocycles. The molecule has 4 nitrogen and oxygen atoms in total. The van der Waals surface area contributed by atoms with Crippen LogP contribution in [0.25, 0.3) is 0 Å². The fourth-order valence-corrected chi connectivity index (χ4v) is 2.06. The number of amidine groups is 1. The second-order valence-electron chi connectivity index (χ2n) is 4.12. The minimum absolute atomic E-state index is 0.0680. The van der Waals surface area contributed by atoms with E-state index in [2.05, 4.69) is 4.99 Å². The Bertz CT molecular complexity index is 496. The molecule has 1 aliphatic heterocycles. The molecule has 96 valence electrons. The molecular weight excluding hydrogens is 240 g/mol. The van der Waals surface area contributed by atoms with E-state index in [4.69, 9.17) is 5.73 Å². The highest BCUT2D eigenvalue weighted by atomic mass is 19.1. The Morgan fingerprint density at radius 1 is 1.33 bits per heavy atom. The van der Waals surface area contributed by atoms with E-state index >= 15 is 0 Å². The first-order valence-corrected chi connectivity index (χ1v) is 5.63. The lowest BCUT2D eigenvalue weighted by Gasteiger charge is -2.24. The summed E-state index contributed by atoms with van der Waals surface area (Å²) in [6, 6.07) is 1.96. The molecule has 1 aromatic carbocycles. The number of aliphatic imine (C=N–C) groups is 1. The summed E-state index contributed by atoms with van der Waals surface area (Å²) in [7, 11) is 0. The average molecular weight is 253 g/mol. The Kier molecular flexibility index (Phi) is 3.27. The lowest BCUT2D eigenvalue weighted by molar-refractivity contribution is 0.206. The molecule has 1 aromatic rings. The number of halogens is 2. The Hall–Kier alpha value is -1.98. The van der Waals surface area contributed by atoms with Gasteiger partial charge in [-0.05, 0) is 24.1 Å². The van der Waals surface area contributed by atoms with Gasteiger partial charge in [-0.1, -0.05) is 6.92 Å². The quantitative estimate of drug-likeness (QED) is 0.897. The van der Waals surface area contributed by atoms with Crippen LogP contribution in [0.15, 0.2) is 23.2 Å². The molecule has 2 amide bonds. The van der Waals surface area contributed by atoms with Crippen molar-refractivity contribution in [3.8, 4) is 0 Å². The summed E-state index contributed by atoms with van der Waals surface area (Å²) >= 11 is 0. The minimum atomic E-state index is -0.700. The van der Waals surface area contributed by atoms with Gasteiger partial charge in [0.2, 0.25) is 0 Å². The number of rotatable bonds is 3. The Balaban J connectivity index is 2.40. The Labute approximate surface area is 103 Å². The van der Waals surface area contributed by atoms with E-state index in [1.54, 1.807) is 0 Å². The van der Waals surface area contributed by atoms with Crippen LogP contribution >= 0.6 is 0 Å². The molecule has 0 spiro atoms. The Morgan fingerprint density at radius 3 is 2.50 bits per heavy atom. The van der Waals surface area contributed by atoms with E-state index in [0.29, 0.717) is 18.5 Å². The molecule has 0 bridgehead atoms. The van der Waals surface area contributed by atoms with E-state index in [1.807, 2.05) is 6.92 Å². The molecular formula is C12H13F2N3O. The SMILES string of the molecule is CCCN1C(=O)N=C(N)C1c1cc(F)cc(F)c1. The highest BCUT2D eigenvalue weighted by molar-refractivity contribution is 6.03. The van der Waals surface area contributed by atoms with Gasteiger partial charge < -0.3 is 10.6 Å². The zero-order valence-corrected chi connectivity index (χ0v) is 9.86. The normalized spacial score (nSPS) is 19.3. The summed E-state index contributed by atoms with van der Waals surface area (Å²) in [6.45, 7) is 2.33. The third-order valence-corrected chi connectivity index (χ3v) is 2.73. The van der Waals surface area contributed by atoms with Crippen LogP contribution in [0, 0.1) is 11.6 Å².